The van der Waals surface area contributed by atoms with Crippen molar-refractivity contribution in [3.05, 3.63) is 33.9 Å². The molecule has 0 saturated heterocycles. The van der Waals surface area contributed by atoms with Crippen molar-refractivity contribution < 1.29 is 14.8 Å². The number of phenolic OH excluding ortho intramolecular Hbond substituents is 1. The van der Waals surface area contributed by atoms with Gasteiger partial charge in [-0.05, 0) is 17.9 Å². The lowest BCUT2D eigenvalue weighted by molar-refractivity contribution is -0.385. The molecule has 1 aliphatic carbocycles. The van der Waals surface area contributed by atoms with Crippen molar-refractivity contribution in [1.82, 2.24) is 5.32 Å². The van der Waals surface area contributed by atoms with E-state index >= 15 is 0 Å². The Morgan fingerprint density at radius 3 is 2.67 bits per heavy atom. The maximum atomic E-state index is 11.9. The molecule has 1 fully saturated rings. The molecule has 0 heterocycles. The molecule has 1 atom stereocenters. The summed E-state index contributed by atoms with van der Waals surface area (Å²) in [6.07, 6.45) is 0.869. The third-order valence-electron chi connectivity index (χ3n) is 3.27. The molecule has 1 unspecified atom stereocenters. The number of para-hydroxylation sites is 1. The summed E-state index contributed by atoms with van der Waals surface area (Å²) in [7, 11) is 0. The van der Waals surface area contributed by atoms with Crippen molar-refractivity contribution in [2.24, 2.45) is 5.41 Å². The fourth-order valence-corrected chi connectivity index (χ4v) is 1.81. The first-order valence-electron chi connectivity index (χ1n) is 5.60. The minimum Gasteiger partial charge on any atom is -0.502 e. The van der Waals surface area contributed by atoms with Crippen LogP contribution < -0.4 is 5.32 Å². The Balaban J connectivity index is 2.21. The fourth-order valence-electron chi connectivity index (χ4n) is 1.81. The summed E-state index contributed by atoms with van der Waals surface area (Å²) in [6, 6.07) is 3.97. The first-order valence-corrected chi connectivity index (χ1v) is 5.60. The number of aromatic hydroxyl groups is 1. The predicted molar refractivity (Wildman–Crippen MR) is 64.4 cm³/mol. The quantitative estimate of drug-likeness (QED) is 0.632. The summed E-state index contributed by atoms with van der Waals surface area (Å²) in [6.45, 7) is 4.04. The van der Waals surface area contributed by atoms with Gasteiger partial charge in [-0.25, -0.2) is 0 Å². The Labute approximate surface area is 104 Å². The largest absolute Gasteiger partial charge is 0.502 e. The Morgan fingerprint density at radius 2 is 2.17 bits per heavy atom. The van der Waals surface area contributed by atoms with E-state index in [1.807, 2.05) is 13.8 Å². The van der Waals surface area contributed by atoms with Gasteiger partial charge in [-0.3, -0.25) is 14.9 Å². The van der Waals surface area contributed by atoms with Gasteiger partial charge < -0.3 is 10.4 Å². The van der Waals surface area contributed by atoms with Gasteiger partial charge in [0.05, 0.1) is 10.5 Å². The molecule has 0 radical (unpaired) electrons. The van der Waals surface area contributed by atoms with Crippen LogP contribution in [0.5, 0.6) is 5.75 Å². The van der Waals surface area contributed by atoms with Crippen molar-refractivity contribution >= 4 is 11.6 Å². The Hall–Kier alpha value is -2.11. The number of rotatable bonds is 3. The number of phenols is 1. The number of hydrogen-bond acceptors (Lipinski definition) is 4. The molecule has 1 saturated carbocycles. The third kappa shape index (κ3) is 2.13. The molecular weight excluding hydrogens is 236 g/mol. The molecule has 6 heteroatoms. The van der Waals surface area contributed by atoms with E-state index in [9.17, 15) is 20.0 Å². The number of nitrogens with zero attached hydrogens (tertiary/aromatic N) is 1. The number of benzene rings is 1. The van der Waals surface area contributed by atoms with E-state index in [2.05, 4.69) is 5.32 Å². The summed E-state index contributed by atoms with van der Waals surface area (Å²) < 4.78 is 0. The Kier molecular flexibility index (Phi) is 2.73. The molecule has 2 rings (SSSR count). The minimum atomic E-state index is -0.715. The highest BCUT2D eigenvalue weighted by atomic mass is 16.6. The molecule has 1 aliphatic rings. The van der Waals surface area contributed by atoms with Crippen LogP contribution in [0.4, 0.5) is 5.69 Å². The average Bonchev–Trinajstić information content (AvgIpc) is 2.85. The molecule has 2 N–H and O–H groups in total. The first-order chi connectivity index (χ1) is 8.33. The third-order valence-corrected chi connectivity index (χ3v) is 3.27. The predicted octanol–water partition coefficient (Wildman–Crippen LogP) is 1.83. The fraction of sp³-hybridized carbons (Fsp3) is 0.417. The minimum absolute atomic E-state index is 0.0589. The second kappa shape index (κ2) is 3.97. The summed E-state index contributed by atoms with van der Waals surface area (Å²) in [5.41, 5.74) is -0.462. The standard InChI is InChI=1S/C12H14N2O4/c1-12(2)6-9(12)13-11(16)7-4-3-5-8(10(7)15)14(17)18/h3-5,9,15H,6H2,1-2H3,(H,13,16). The SMILES string of the molecule is CC1(C)CC1NC(=O)c1cccc([N+](=O)[O-])c1O. The van der Waals surface area contributed by atoms with Gasteiger partial charge in [0.1, 0.15) is 0 Å². The number of carbonyl (C=O) groups is 1. The van der Waals surface area contributed by atoms with E-state index in [0.29, 0.717) is 0 Å². The van der Waals surface area contributed by atoms with Crippen LogP contribution in [0.15, 0.2) is 18.2 Å². The van der Waals surface area contributed by atoms with Gasteiger partial charge in [-0.2, -0.15) is 0 Å². The number of nitrogens with one attached hydrogen (secondary N) is 1. The van der Waals surface area contributed by atoms with Crippen LogP contribution in [-0.4, -0.2) is 22.0 Å². The second-order valence-corrected chi connectivity index (χ2v) is 5.15. The molecule has 0 bridgehead atoms. The maximum absolute atomic E-state index is 11.9. The van der Waals surface area contributed by atoms with Crippen LogP contribution in [0.3, 0.4) is 0 Å². The zero-order valence-corrected chi connectivity index (χ0v) is 10.1. The van der Waals surface area contributed by atoms with Gasteiger partial charge in [0.25, 0.3) is 5.91 Å². The topological polar surface area (TPSA) is 92.5 Å². The number of nitro benzene ring substituents is 1. The molecule has 6 nitrogen and oxygen atoms in total. The van der Waals surface area contributed by atoms with Gasteiger partial charge in [-0.1, -0.05) is 19.9 Å². The van der Waals surface area contributed by atoms with Crippen LogP contribution in [0.2, 0.25) is 0 Å². The normalized spacial score (nSPS) is 20.2. The van der Waals surface area contributed by atoms with Gasteiger partial charge in [-0.15, -0.1) is 0 Å². The van der Waals surface area contributed by atoms with E-state index in [1.54, 1.807) is 0 Å². The van der Waals surface area contributed by atoms with E-state index in [1.165, 1.54) is 12.1 Å². The number of amides is 1. The smallest absolute Gasteiger partial charge is 0.311 e. The first kappa shape index (κ1) is 12.3. The lowest BCUT2D eigenvalue weighted by atomic mass is 10.1. The number of carbonyl (C=O) groups excluding carboxylic acids is 1. The molecule has 1 aromatic carbocycles. The van der Waals surface area contributed by atoms with Gasteiger partial charge in [0.2, 0.25) is 5.75 Å². The monoisotopic (exact) mass is 250 g/mol. The van der Waals surface area contributed by atoms with Crippen molar-refractivity contribution in [3.8, 4) is 5.75 Å². The molecular formula is C12H14N2O4. The van der Waals surface area contributed by atoms with Crippen LogP contribution in [0.25, 0.3) is 0 Å². The Morgan fingerprint density at radius 1 is 1.56 bits per heavy atom. The Bertz CT molecular complexity index is 525. The van der Waals surface area contributed by atoms with Crippen molar-refractivity contribution in [3.63, 3.8) is 0 Å². The van der Waals surface area contributed by atoms with Gasteiger partial charge >= 0.3 is 5.69 Å². The summed E-state index contributed by atoms with van der Waals surface area (Å²) >= 11 is 0. The van der Waals surface area contributed by atoms with Crippen molar-refractivity contribution in [2.45, 2.75) is 26.3 Å². The van der Waals surface area contributed by atoms with E-state index < -0.39 is 22.3 Å². The van der Waals surface area contributed by atoms with Crippen LogP contribution >= 0.6 is 0 Å². The van der Waals surface area contributed by atoms with Crippen LogP contribution in [-0.2, 0) is 0 Å². The number of hydrogen-bond donors (Lipinski definition) is 2. The zero-order chi connectivity index (χ0) is 13.5. The molecule has 1 aromatic rings. The van der Waals surface area contributed by atoms with E-state index in [4.69, 9.17) is 0 Å². The average molecular weight is 250 g/mol. The molecule has 1 amide bonds. The highest BCUT2D eigenvalue weighted by molar-refractivity contribution is 5.98. The van der Waals surface area contributed by atoms with E-state index in [-0.39, 0.29) is 17.0 Å². The second-order valence-electron chi connectivity index (χ2n) is 5.15. The van der Waals surface area contributed by atoms with Crippen molar-refractivity contribution in [2.75, 3.05) is 0 Å². The summed E-state index contributed by atoms with van der Waals surface area (Å²) in [4.78, 5) is 21.8. The number of nitro groups is 1. The maximum Gasteiger partial charge on any atom is 0.311 e. The molecule has 96 valence electrons. The molecule has 0 aliphatic heterocycles. The molecule has 0 spiro atoms. The van der Waals surface area contributed by atoms with Crippen molar-refractivity contribution in [1.29, 1.82) is 0 Å². The van der Waals surface area contributed by atoms with E-state index in [0.717, 1.165) is 12.5 Å². The zero-order valence-electron chi connectivity index (χ0n) is 10.1. The highest BCUT2D eigenvalue weighted by Gasteiger charge is 2.46. The highest BCUT2D eigenvalue weighted by Crippen LogP contribution is 2.44. The van der Waals surface area contributed by atoms with Gasteiger partial charge in [0.15, 0.2) is 0 Å². The van der Waals surface area contributed by atoms with Crippen LogP contribution in [0.1, 0.15) is 30.6 Å². The lowest BCUT2D eigenvalue weighted by Crippen LogP contribution is -2.28. The summed E-state index contributed by atoms with van der Waals surface area (Å²) in [5.74, 6) is -1.06. The lowest BCUT2D eigenvalue weighted by Gasteiger charge is -2.08. The van der Waals surface area contributed by atoms with Gasteiger partial charge in [0, 0.05) is 12.1 Å². The molecule has 18 heavy (non-hydrogen) atoms. The van der Waals surface area contributed by atoms with Crippen LogP contribution in [0, 0.1) is 15.5 Å². The molecule has 0 aromatic heterocycles. The summed E-state index contributed by atoms with van der Waals surface area (Å²) in [5, 5.41) is 23.1.